The predicted molar refractivity (Wildman–Crippen MR) is 92.4 cm³/mol. The van der Waals surface area contributed by atoms with Crippen LogP contribution < -0.4 is 10.2 Å². The first-order chi connectivity index (χ1) is 11.6. The minimum atomic E-state index is -0.318. The number of nitrogens with zero attached hydrogens (tertiary/aromatic N) is 2. The van der Waals surface area contributed by atoms with Crippen LogP contribution in [-0.2, 0) is 6.54 Å². The number of anilines is 1. The highest BCUT2D eigenvalue weighted by molar-refractivity contribution is 5.93. The molecular formula is C19H22FN3O. The summed E-state index contributed by atoms with van der Waals surface area (Å²) >= 11 is 0. The average molecular weight is 327 g/mol. The third-order valence-corrected chi connectivity index (χ3v) is 4.52. The summed E-state index contributed by atoms with van der Waals surface area (Å²) in [5.41, 5.74) is 1.85. The van der Waals surface area contributed by atoms with Crippen molar-refractivity contribution in [3.63, 3.8) is 0 Å². The molecule has 24 heavy (non-hydrogen) atoms. The zero-order valence-corrected chi connectivity index (χ0v) is 13.8. The zero-order valence-electron chi connectivity index (χ0n) is 13.8. The summed E-state index contributed by atoms with van der Waals surface area (Å²) in [6.45, 7) is 4.42. The van der Waals surface area contributed by atoms with E-state index in [0.29, 0.717) is 11.3 Å². The van der Waals surface area contributed by atoms with Gasteiger partial charge in [-0.25, -0.2) is 4.39 Å². The lowest BCUT2D eigenvalue weighted by molar-refractivity contribution is 0.0945. The SMILES string of the molecule is CC1CCN(c2ccnc(C(=O)NCc3ccccc3F)c2)CC1. The van der Waals surface area contributed by atoms with Crippen molar-refractivity contribution in [2.75, 3.05) is 18.0 Å². The molecule has 1 aromatic carbocycles. The third kappa shape index (κ3) is 3.91. The van der Waals surface area contributed by atoms with E-state index in [1.807, 2.05) is 12.1 Å². The summed E-state index contributed by atoms with van der Waals surface area (Å²) in [6, 6.07) is 10.2. The second-order valence-corrected chi connectivity index (χ2v) is 6.34. The van der Waals surface area contributed by atoms with E-state index in [4.69, 9.17) is 0 Å². The van der Waals surface area contributed by atoms with Gasteiger partial charge in [-0.1, -0.05) is 25.1 Å². The molecule has 2 heterocycles. The minimum Gasteiger partial charge on any atom is -0.371 e. The summed E-state index contributed by atoms with van der Waals surface area (Å²) in [7, 11) is 0. The summed E-state index contributed by atoms with van der Waals surface area (Å²) < 4.78 is 13.6. The van der Waals surface area contributed by atoms with Gasteiger partial charge in [0, 0.05) is 37.1 Å². The van der Waals surface area contributed by atoms with E-state index < -0.39 is 0 Å². The van der Waals surface area contributed by atoms with Gasteiger partial charge in [0.2, 0.25) is 0 Å². The molecule has 1 aliphatic rings. The number of piperidine rings is 1. The van der Waals surface area contributed by atoms with Crippen molar-refractivity contribution in [1.29, 1.82) is 0 Å². The van der Waals surface area contributed by atoms with Gasteiger partial charge in [-0.15, -0.1) is 0 Å². The number of benzene rings is 1. The van der Waals surface area contributed by atoms with Gasteiger partial charge in [-0.2, -0.15) is 0 Å². The maximum absolute atomic E-state index is 13.6. The summed E-state index contributed by atoms with van der Waals surface area (Å²) in [5, 5.41) is 2.73. The van der Waals surface area contributed by atoms with Crippen LogP contribution in [0.15, 0.2) is 42.6 Å². The highest BCUT2D eigenvalue weighted by Gasteiger charge is 2.17. The summed E-state index contributed by atoms with van der Waals surface area (Å²) in [4.78, 5) is 18.7. The lowest BCUT2D eigenvalue weighted by Gasteiger charge is -2.32. The van der Waals surface area contributed by atoms with Gasteiger partial charge in [0.05, 0.1) is 0 Å². The van der Waals surface area contributed by atoms with Gasteiger partial charge < -0.3 is 10.2 Å². The van der Waals surface area contributed by atoms with Crippen LogP contribution in [0.3, 0.4) is 0 Å². The van der Waals surface area contributed by atoms with Crippen LogP contribution in [0.1, 0.15) is 35.8 Å². The maximum atomic E-state index is 13.6. The molecule has 3 rings (SSSR count). The van der Waals surface area contributed by atoms with Crippen LogP contribution in [-0.4, -0.2) is 24.0 Å². The molecule has 0 atom stereocenters. The van der Waals surface area contributed by atoms with E-state index in [9.17, 15) is 9.18 Å². The average Bonchev–Trinajstić information content (AvgIpc) is 2.61. The topological polar surface area (TPSA) is 45.2 Å². The molecule has 0 aliphatic carbocycles. The monoisotopic (exact) mass is 327 g/mol. The Hall–Kier alpha value is -2.43. The first-order valence-corrected chi connectivity index (χ1v) is 8.36. The third-order valence-electron chi connectivity index (χ3n) is 4.52. The Balaban J connectivity index is 1.65. The highest BCUT2D eigenvalue weighted by Crippen LogP contribution is 2.23. The minimum absolute atomic E-state index is 0.151. The molecule has 1 saturated heterocycles. The molecule has 1 aromatic heterocycles. The molecule has 1 N–H and O–H groups in total. The van der Waals surface area contributed by atoms with Crippen molar-refractivity contribution >= 4 is 11.6 Å². The van der Waals surface area contributed by atoms with Gasteiger partial charge in [0.25, 0.3) is 5.91 Å². The van der Waals surface area contributed by atoms with Crippen LogP contribution in [0, 0.1) is 11.7 Å². The Bertz CT molecular complexity index is 711. The smallest absolute Gasteiger partial charge is 0.270 e. The zero-order chi connectivity index (χ0) is 16.9. The number of aromatic nitrogens is 1. The molecule has 0 saturated carbocycles. The van der Waals surface area contributed by atoms with E-state index in [0.717, 1.165) is 37.5 Å². The highest BCUT2D eigenvalue weighted by atomic mass is 19.1. The molecule has 2 aromatic rings. The standard InChI is InChI=1S/C19H22FN3O/c1-14-7-10-23(11-8-14)16-6-9-21-18(12-16)19(24)22-13-15-4-2-3-5-17(15)20/h2-6,9,12,14H,7-8,10-11,13H2,1H3,(H,22,24). The van der Waals surface area contributed by atoms with E-state index in [1.165, 1.54) is 6.07 Å². The molecule has 0 bridgehead atoms. The molecule has 1 fully saturated rings. The fourth-order valence-corrected chi connectivity index (χ4v) is 2.91. The van der Waals surface area contributed by atoms with Crippen molar-refractivity contribution in [3.8, 4) is 0 Å². The quantitative estimate of drug-likeness (QED) is 0.936. The van der Waals surface area contributed by atoms with E-state index in [1.54, 1.807) is 24.4 Å². The van der Waals surface area contributed by atoms with Crippen molar-refractivity contribution < 1.29 is 9.18 Å². The number of halogens is 1. The summed E-state index contributed by atoms with van der Waals surface area (Å²) in [5.74, 6) is 0.152. The van der Waals surface area contributed by atoms with Crippen LogP contribution in [0.2, 0.25) is 0 Å². The first-order valence-electron chi connectivity index (χ1n) is 8.36. The van der Waals surface area contributed by atoms with Gasteiger partial charge in [0.15, 0.2) is 0 Å². The normalized spacial score (nSPS) is 15.3. The van der Waals surface area contributed by atoms with Crippen molar-refractivity contribution in [2.45, 2.75) is 26.3 Å². The molecule has 1 aliphatic heterocycles. The Kier molecular flexibility index (Phi) is 5.08. The molecule has 126 valence electrons. The number of rotatable bonds is 4. The molecule has 4 nitrogen and oxygen atoms in total. The lowest BCUT2D eigenvalue weighted by atomic mass is 9.99. The Morgan fingerprint density at radius 1 is 1.29 bits per heavy atom. The van der Waals surface area contributed by atoms with Crippen molar-refractivity contribution in [3.05, 3.63) is 59.7 Å². The number of carbonyl (C=O) groups is 1. The number of carbonyl (C=O) groups excluding carboxylic acids is 1. The van der Waals surface area contributed by atoms with Crippen molar-refractivity contribution in [2.24, 2.45) is 5.92 Å². The van der Waals surface area contributed by atoms with Gasteiger partial charge in [-0.05, 0) is 37.0 Å². The molecule has 1 amide bonds. The molecular weight excluding hydrogens is 305 g/mol. The van der Waals surface area contributed by atoms with Crippen LogP contribution in [0.5, 0.6) is 0 Å². The van der Waals surface area contributed by atoms with E-state index >= 15 is 0 Å². The summed E-state index contributed by atoms with van der Waals surface area (Å²) in [6.07, 6.45) is 3.99. The number of nitrogens with one attached hydrogen (secondary N) is 1. The number of hydrogen-bond donors (Lipinski definition) is 1. The Labute approximate surface area is 141 Å². The Morgan fingerprint density at radius 3 is 2.79 bits per heavy atom. The van der Waals surface area contributed by atoms with Crippen LogP contribution in [0.25, 0.3) is 0 Å². The molecule has 5 heteroatoms. The van der Waals surface area contributed by atoms with E-state index in [2.05, 4.69) is 22.1 Å². The number of pyridine rings is 1. The van der Waals surface area contributed by atoms with E-state index in [-0.39, 0.29) is 18.3 Å². The Morgan fingerprint density at radius 2 is 2.04 bits per heavy atom. The second-order valence-electron chi connectivity index (χ2n) is 6.34. The first kappa shape index (κ1) is 16.4. The fraction of sp³-hybridized carbons (Fsp3) is 0.368. The molecule has 0 unspecified atom stereocenters. The van der Waals surface area contributed by atoms with Crippen molar-refractivity contribution in [1.82, 2.24) is 10.3 Å². The largest absolute Gasteiger partial charge is 0.371 e. The number of hydrogen-bond acceptors (Lipinski definition) is 3. The molecule has 0 spiro atoms. The van der Waals surface area contributed by atoms with Gasteiger partial charge in [0.1, 0.15) is 11.5 Å². The predicted octanol–water partition coefficient (Wildman–Crippen LogP) is 3.39. The maximum Gasteiger partial charge on any atom is 0.270 e. The number of amides is 1. The van der Waals surface area contributed by atoms with Gasteiger partial charge >= 0.3 is 0 Å². The molecule has 0 radical (unpaired) electrons. The lowest BCUT2D eigenvalue weighted by Crippen LogP contribution is -2.33. The second kappa shape index (κ2) is 7.43. The van der Waals surface area contributed by atoms with Crippen LogP contribution >= 0.6 is 0 Å². The van der Waals surface area contributed by atoms with Crippen LogP contribution in [0.4, 0.5) is 10.1 Å². The van der Waals surface area contributed by atoms with Gasteiger partial charge in [-0.3, -0.25) is 9.78 Å². The fourth-order valence-electron chi connectivity index (χ4n) is 2.91.